The van der Waals surface area contributed by atoms with Crippen LogP contribution >= 0.6 is 0 Å². The molecule has 0 atom stereocenters. The van der Waals surface area contributed by atoms with E-state index in [1.165, 1.54) is 0 Å². The number of nitro groups is 3. The maximum atomic E-state index is 10.5. The van der Waals surface area contributed by atoms with Crippen molar-refractivity contribution in [3.63, 3.8) is 0 Å². The molecule has 0 unspecified atom stereocenters. The second-order valence-electron chi connectivity index (χ2n) is 2.66. The molecule has 0 amide bonds. The molecule has 0 radical (unpaired) electrons. The van der Waals surface area contributed by atoms with Gasteiger partial charge in [0.1, 0.15) is 0 Å². The zero-order valence-electron chi connectivity index (χ0n) is 8.27. The molecule has 0 bridgehead atoms. The fourth-order valence-corrected chi connectivity index (χ4v) is 0.771. The average molecular weight is 261 g/mol. The van der Waals surface area contributed by atoms with E-state index in [9.17, 15) is 30.3 Å². The highest BCUT2D eigenvalue weighted by Crippen LogP contribution is 2.13. The van der Waals surface area contributed by atoms with E-state index in [0.29, 0.717) is 0 Å². The van der Waals surface area contributed by atoms with Gasteiger partial charge in [-0.2, -0.15) is 0 Å². The van der Waals surface area contributed by atoms with E-state index in [0.717, 1.165) is 6.33 Å². The highest BCUT2D eigenvalue weighted by atomic mass is 16.7. The van der Waals surface area contributed by atoms with Crippen molar-refractivity contribution in [3.8, 4) is 6.01 Å². The number of ether oxygens (including phenoxy) is 1. The van der Waals surface area contributed by atoms with E-state index in [-0.39, 0.29) is 0 Å². The Hall–Kier alpha value is -3.06. The van der Waals surface area contributed by atoms with Crippen LogP contribution in [0.1, 0.15) is 0 Å². The molecule has 0 aromatic carbocycles. The third-order valence-corrected chi connectivity index (χ3v) is 1.66. The van der Waals surface area contributed by atoms with Crippen molar-refractivity contribution in [2.24, 2.45) is 0 Å². The SMILES string of the molecule is O=[N+]([O-])C(COc1nncnn1)([N+](=O)[O-])[N+](=O)[O-]. The lowest BCUT2D eigenvalue weighted by atomic mass is 10.4. The van der Waals surface area contributed by atoms with Crippen molar-refractivity contribution in [3.05, 3.63) is 36.7 Å². The normalized spacial score (nSPS) is 10.7. The van der Waals surface area contributed by atoms with E-state index < -0.39 is 33.2 Å². The van der Waals surface area contributed by atoms with Crippen LogP contribution in [0.4, 0.5) is 0 Å². The second-order valence-corrected chi connectivity index (χ2v) is 2.66. The van der Waals surface area contributed by atoms with Crippen molar-refractivity contribution in [1.82, 2.24) is 20.4 Å². The third kappa shape index (κ3) is 2.20. The first-order valence-corrected chi connectivity index (χ1v) is 3.98. The van der Waals surface area contributed by atoms with Gasteiger partial charge in [0.15, 0.2) is 21.1 Å². The van der Waals surface area contributed by atoms with E-state index >= 15 is 0 Å². The van der Waals surface area contributed by atoms with Gasteiger partial charge in [-0.25, -0.2) is 0 Å². The Morgan fingerprint density at radius 2 is 1.50 bits per heavy atom. The average Bonchev–Trinajstić information content (AvgIpc) is 2.29. The molecular weight excluding hydrogens is 258 g/mol. The molecule has 0 saturated carbocycles. The molecule has 0 saturated heterocycles. The van der Waals surface area contributed by atoms with Gasteiger partial charge >= 0.3 is 18.4 Å². The highest BCUT2D eigenvalue weighted by molar-refractivity contribution is 4.81. The Kier molecular flexibility index (Phi) is 3.50. The predicted octanol–water partition coefficient (Wildman–Crippen LogP) is -1.87. The molecule has 0 fully saturated rings. The van der Waals surface area contributed by atoms with Crippen molar-refractivity contribution in [1.29, 1.82) is 0 Å². The molecule has 1 aromatic rings. The van der Waals surface area contributed by atoms with Gasteiger partial charge in [-0.1, -0.05) is 10.2 Å². The summed E-state index contributed by atoms with van der Waals surface area (Å²) in [6.07, 6.45) is 0.897. The maximum absolute atomic E-state index is 10.5. The lowest BCUT2D eigenvalue weighted by Gasteiger charge is -2.08. The molecule has 96 valence electrons. The standard InChI is InChI=1S/C4H3N7O7/c12-9(13)4(10(14)15,11(16)17)1-18-3-7-5-2-6-8-3/h2H,1H2. The van der Waals surface area contributed by atoms with Crippen LogP contribution in [0.25, 0.3) is 0 Å². The first-order chi connectivity index (χ1) is 8.41. The second kappa shape index (κ2) is 4.85. The molecular formula is C4H3N7O7. The molecule has 0 aliphatic carbocycles. The molecule has 0 spiro atoms. The summed E-state index contributed by atoms with van der Waals surface area (Å²) in [7, 11) is 0. The fourth-order valence-electron chi connectivity index (χ4n) is 0.771. The zero-order chi connectivity index (χ0) is 13.8. The molecule has 1 rings (SSSR count). The van der Waals surface area contributed by atoms with Crippen LogP contribution in [0.15, 0.2) is 6.33 Å². The first kappa shape index (κ1) is 13.0. The quantitative estimate of drug-likeness (QED) is 0.316. The summed E-state index contributed by atoms with van der Waals surface area (Å²) < 4.78 is 4.38. The minimum Gasteiger partial charge on any atom is -0.436 e. The monoisotopic (exact) mass is 261 g/mol. The van der Waals surface area contributed by atoms with Crippen molar-refractivity contribution in [2.75, 3.05) is 6.61 Å². The van der Waals surface area contributed by atoms with Gasteiger partial charge in [0.25, 0.3) is 0 Å². The maximum Gasteiger partial charge on any atom is 0.734 e. The number of nitrogens with zero attached hydrogens (tertiary/aromatic N) is 7. The van der Waals surface area contributed by atoms with E-state index in [4.69, 9.17) is 0 Å². The topological polar surface area (TPSA) is 190 Å². The van der Waals surface area contributed by atoms with Crippen LogP contribution in [0.5, 0.6) is 6.01 Å². The molecule has 0 aliphatic heterocycles. The van der Waals surface area contributed by atoms with Gasteiger partial charge in [-0.05, 0) is 0 Å². The Labute approximate surface area is 96.0 Å². The fraction of sp³-hybridized carbons (Fsp3) is 0.500. The minimum absolute atomic E-state index is 0.660. The Morgan fingerprint density at radius 3 is 1.89 bits per heavy atom. The van der Waals surface area contributed by atoms with E-state index in [2.05, 4.69) is 25.1 Å². The first-order valence-electron chi connectivity index (χ1n) is 3.98. The van der Waals surface area contributed by atoms with Crippen LogP contribution in [0.2, 0.25) is 0 Å². The summed E-state index contributed by atoms with van der Waals surface area (Å²) in [5, 5.41) is 44.1. The molecule has 14 heteroatoms. The molecule has 14 nitrogen and oxygen atoms in total. The van der Waals surface area contributed by atoms with Crippen molar-refractivity contribution in [2.45, 2.75) is 5.79 Å². The Bertz CT molecular complexity index is 440. The lowest BCUT2D eigenvalue weighted by Crippen LogP contribution is -2.57. The largest absolute Gasteiger partial charge is 0.734 e. The van der Waals surface area contributed by atoms with Gasteiger partial charge in [-0.15, -0.1) is 10.2 Å². The summed E-state index contributed by atoms with van der Waals surface area (Å²) in [6.45, 7) is -1.51. The molecule has 0 aliphatic rings. The van der Waals surface area contributed by atoms with E-state index in [1.807, 2.05) is 0 Å². The summed E-state index contributed by atoms with van der Waals surface area (Å²) in [5.74, 6) is -3.74. The molecule has 1 aromatic heterocycles. The van der Waals surface area contributed by atoms with Crippen LogP contribution in [-0.2, 0) is 0 Å². The van der Waals surface area contributed by atoms with Crippen LogP contribution in [-0.4, -0.2) is 47.6 Å². The van der Waals surface area contributed by atoms with Gasteiger partial charge in [0, 0.05) is 0 Å². The van der Waals surface area contributed by atoms with Crippen LogP contribution in [0.3, 0.4) is 0 Å². The summed E-state index contributed by atoms with van der Waals surface area (Å²) in [4.78, 5) is 26.4. The lowest BCUT2D eigenvalue weighted by molar-refractivity contribution is -0.969. The minimum atomic E-state index is -3.74. The van der Waals surface area contributed by atoms with Crippen molar-refractivity contribution < 1.29 is 19.5 Å². The van der Waals surface area contributed by atoms with Gasteiger partial charge in [0.05, 0.1) is 0 Å². The zero-order valence-corrected chi connectivity index (χ0v) is 8.27. The van der Waals surface area contributed by atoms with Gasteiger partial charge in [0.2, 0.25) is 0 Å². The Morgan fingerprint density at radius 1 is 1.06 bits per heavy atom. The Balaban J connectivity index is 2.96. The number of hydrogen-bond acceptors (Lipinski definition) is 11. The summed E-state index contributed by atoms with van der Waals surface area (Å²) in [6, 6.07) is -0.660. The van der Waals surface area contributed by atoms with Crippen LogP contribution < -0.4 is 4.74 Å². The van der Waals surface area contributed by atoms with Gasteiger partial charge < -0.3 is 4.74 Å². The number of rotatable bonds is 6. The van der Waals surface area contributed by atoms with Crippen molar-refractivity contribution >= 4 is 0 Å². The summed E-state index contributed by atoms with van der Waals surface area (Å²) >= 11 is 0. The van der Waals surface area contributed by atoms with E-state index in [1.54, 1.807) is 0 Å². The number of hydrogen-bond donors (Lipinski definition) is 0. The molecule has 0 N–H and O–H groups in total. The number of aromatic nitrogens is 4. The third-order valence-electron chi connectivity index (χ3n) is 1.66. The van der Waals surface area contributed by atoms with Crippen LogP contribution in [0, 0.1) is 30.3 Å². The smallest absolute Gasteiger partial charge is 0.436 e. The predicted molar refractivity (Wildman–Crippen MR) is 46.8 cm³/mol. The molecule has 18 heavy (non-hydrogen) atoms. The highest BCUT2D eigenvalue weighted by Gasteiger charge is 2.72. The summed E-state index contributed by atoms with van der Waals surface area (Å²) in [5.41, 5.74) is 0. The molecule has 1 heterocycles. The van der Waals surface area contributed by atoms with Gasteiger partial charge in [-0.3, -0.25) is 30.3 Å².